The Bertz CT molecular complexity index is 554. The number of nitrogens with zero attached hydrogens (tertiary/aromatic N) is 2. The van der Waals surface area contributed by atoms with Crippen molar-refractivity contribution in [2.24, 2.45) is 5.92 Å². The number of fused-ring (bicyclic) bond motifs is 2. The first-order chi connectivity index (χ1) is 12.7. The highest BCUT2D eigenvalue weighted by Gasteiger charge is 2.53. The van der Waals surface area contributed by atoms with Crippen molar-refractivity contribution in [3.8, 4) is 0 Å². The molecule has 4 nitrogen and oxygen atoms in total. The molecule has 0 N–H and O–H groups in total. The molecule has 0 bridgehead atoms. The summed E-state index contributed by atoms with van der Waals surface area (Å²) in [5, 5.41) is 0. The van der Waals surface area contributed by atoms with Gasteiger partial charge in [0, 0.05) is 44.4 Å². The molecule has 2 heterocycles. The number of hydrogen-bond donors (Lipinski definition) is 0. The largest absolute Gasteiger partial charge is 0.442 e. The number of rotatable bonds is 3. The summed E-state index contributed by atoms with van der Waals surface area (Å²) in [6.45, 7) is 5.06. The van der Waals surface area contributed by atoms with Gasteiger partial charge in [-0.05, 0) is 19.3 Å². The van der Waals surface area contributed by atoms with Crippen LogP contribution in [0.2, 0.25) is 0 Å². The first-order valence-electron chi connectivity index (χ1n) is 10.8. The summed E-state index contributed by atoms with van der Waals surface area (Å²) >= 11 is 0. The van der Waals surface area contributed by atoms with Crippen molar-refractivity contribution in [3.05, 3.63) is 24.3 Å². The zero-order valence-corrected chi connectivity index (χ0v) is 16.2. The molecule has 2 aliphatic heterocycles. The number of likely N-dealkylation sites (tertiary alicyclic amines) is 1. The van der Waals surface area contributed by atoms with Crippen LogP contribution in [0.15, 0.2) is 24.3 Å². The standard InChI is InChI=1S/C22H34N2O2/c1-2-15-24-20-12-8-7-11-19(20)22(26-21(24)25)13-16-23(17-14-22)18-9-5-3-4-6-10-18/h7-8,11-12,18-20H,2-6,9-10,13-17H2,1H3. The molecule has 2 unspecified atom stereocenters. The van der Waals surface area contributed by atoms with Crippen LogP contribution in [0.25, 0.3) is 0 Å². The van der Waals surface area contributed by atoms with Gasteiger partial charge >= 0.3 is 6.09 Å². The highest BCUT2D eigenvalue weighted by atomic mass is 16.6. The predicted octanol–water partition coefficient (Wildman–Crippen LogP) is 4.52. The lowest BCUT2D eigenvalue weighted by Gasteiger charge is -2.54. The Hall–Kier alpha value is -1.29. The Kier molecular flexibility index (Phi) is 5.40. The van der Waals surface area contributed by atoms with Crippen molar-refractivity contribution >= 4 is 6.09 Å². The van der Waals surface area contributed by atoms with E-state index in [0.29, 0.717) is 5.92 Å². The lowest BCUT2D eigenvalue weighted by Crippen LogP contribution is -2.64. The van der Waals surface area contributed by atoms with Crippen LogP contribution in [0.3, 0.4) is 0 Å². The van der Waals surface area contributed by atoms with Crippen molar-refractivity contribution in [2.75, 3.05) is 19.6 Å². The maximum atomic E-state index is 12.8. The average molecular weight is 359 g/mol. The predicted molar refractivity (Wildman–Crippen MR) is 104 cm³/mol. The van der Waals surface area contributed by atoms with Gasteiger partial charge in [0.05, 0.1) is 6.04 Å². The molecule has 2 aliphatic carbocycles. The molecule has 4 aliphatic rings. The lowest BCUT2D eigenvalue weighted by molar-refractivity contribution is -0.122. The number of hydrogen-bond acceptors (Lipinski definition) is 3. The fraction of sp³-hybridized carbons (Fsp3) is 0.773. The van der Waals surface area contributed by atoms with E-state index in [9.17, 15) is 4.79 Å². The number of ether oxygens (including phenoxy) is 1. The third-order valence-corrected chi connectivity index (χ3v) is 7.05. The third kappa shape index (κ3) is 3.33. The summed E-state index contributed by atoms with van der Waals surface area (Å²) in [5.41, 5.74) is -0.297. The minimum Gasteiger partial charge on any atom is -0.442 e. The molecular weight excluding hydrogens is 324 g/mol. The highest BCUT2D eigenvalue weighted by molar-refractivity contribution is 5.71. The summed E-state index contributed by atoms with van der Waals surface area (Å²) in [6, 6.07) is 0.925. The Morgan fingerprint density at radius 2 is 1.77 bits per heavy atom. The lowest BCUT2D eigenvalue weighted by atomic mass is 9.72. The normalized spacial score (nSPS) is 32.3. The molecule has 1 spiro atoms. The van der Waals surface area contributed by atoms with Gasteiger partial charge in [-0.3, -0.25) is 0 Å². The van der Waals surface area contributed by atoms with Gasteiger partial charge in [0.25, 0.3) is 0 Å². The van der Waals surface area contributed by atoms with Crippen LogP contribution in [0, 0.1) is 5.92 Å². The zero-order chi connectivity index (χ0) is 18.0. The summed E-state index contributed by atoms with van der Waals surface area (Å²) < 4.78 is 6.18. The molecule has 2 atom stereocenters. The second-order valence-electron chi connectivity index (χ2n) is 8.59. The van der Waals surface area contributed by atoms with Gasteiger partial charge in [-0.15, -0.1) is 0 Å². The highest BCUT2D eigenvalue weighted by Crippen LogP contribution is 2.44. The van der Waals surface area contributed by atoms with E-state index in [-0.39, 0.29) is 17.7 Å². The van der Waals surface area contributed by atoms with E-state index in [1.807, 2.05) is 4.90 Å². The van der Waals surface area contributed by atoms with Crippen LogP contribution >= 0.6 is 0 Å². The Morgan fingerprint density at radius 1 is 1.08 bits per heavy atom. The molecule has 2 saturated heterocycles. The molecule has 1 saturated carbocycles. The number of allylic oxidation sites excluding steroid dienone is 2. The summed E-state index contributed by atoms with van der Waals surface area (Å²) in [6.07, 6.45) is 19.8. The van der Waals surface area contributed by atoms with Gasteiger partial charge in [0.1, 0.15) is 5.60 Å². The fourth-order valence-electron chi connectivity index (χ4n) is 5.61. The molecule has 0 aromatic carbocycles. The molecule has 0 aromatic heterocycles. The molecule has 4 heteroatoms. The first kappa shape index (κ1) is 18.1. The summed E-state index contributed by atoms with van der Waals surface area (Å²) in [7, 11) is 0. The zero-order valence-electron chi connectivity index (χ0n) is 16.2. The van der Waals surface area contributed by atoms with Crippen LogP contribution in [0.1, 0.15) is 64.7 Å². The van der Waals surface area contributed by atoms with Crippen molar-refractivity contribution in [1.29, 1.82) is 0 Å². The molecule has 3 fully saturated rings. The molecule has 26 heavy (non-hydrogen) atoms. The second-order valence-corrected chi connectivity index (χ2v) is 8.59. The monoisotopic (exact) mass is 358 g/mol. The van der Waals surface area contributed by atoms with E-state index >= 15 is 0 Å². The van der Waals surface area contributed by atoms with Crippen LogP contribution in [0.4, 0.5) is 4.79 Å². The molecule has 144 valence electrons. The molecule has 4 rings (SSSR count). The van der Waals surface area contributed by atoms with E-state index in [4.69, 9.17) is 4.74 Å². The van der Waals surface area contributed by atoms with Crippen molar-refractivity contribution in [2.45, 2.75) is 82.4 Å². The third-order valence-electron chi connectivity index (χ3n) is 7.05. The SMILES string of the molecule is CCCN1C(=O)OC2(CCN(C3CCCCCC3)CC2)C2C=CC=CC21. The van der Waals surface area contributed by atoms with E-state index in [2.05, 4.69) is 36.1 Å². The molecular formula is C22H34N2O2. The molecule has 0 radical (unpaired) electrons. The van der Waals surface area contributed by atoms with Crippen LogP contribution in [-0.4, -0.2) is 53.2 Å². The second kappa shape index (κ2) is 7.75. The number of piperidine rings is 1. The Balaban J connectivity index is 1.47. The van der Waals surface area contributed by atoms with Gasteiger partial charge in [-0.25, -0.2) is 4.79 Å². The van der Waals surface area contributed by atoms with Crippen molar-refractivity contribution < 1.29 is 9.53 Å². The minimum absolute atomic E-state index is 0.101. The number of carbonyl (C=O) groups excluding carboxylic acids is 1. The number of carbonyl (C=O) groups is 1. The van der Waals surface area contributed by atoms with Crippen LogP contribution < -0.4 is 0 Å². The molecule has 0 aromatic rings. The Labute approximate surface area is 158 Å². The summed E-state index contributed by atoms with van der Waals surface area (Å²) in [4.78, 5) is 17.4. The molecule has 1 amide bonds. The quantitative estimate of drug-likeness (QED) is 0.696. The maximum absolute atomic E-state index is 12.8. The summed E-state index contributed by atoms with van der Waals surface area (Å²) in [5.74, 6) is 0.299. The van der Waals surface area contributed by atoms with Crippen LogP contribution in [0.5, 0.6) is 0 Å². The van der Waals surface area contributed by atoms with Gasteiger partial charge in [0.2, 0.25) is 0 Å². The fourth-order valence-corrected chi connectivity index (χ4v) is 5.61. The van der Waals surface area contributed by atoms with Gasteiger partial charge in [-0.2, -0.15) is 0 Å². The maximum Gasteiger partial charge on any atom is 0.410 e. The van der Waals surface area contributed by atoms with Crippen LogP contribution in [-0.2, 0) is 4.74 Å². The topological polar surface area (TPSA) is 32.8 Å². The van der Waals surface area contributed by atoms with Gasteiger partial charge in [-0.1, -0.05) is 56.9 Å². The van der Waals surface area contributed by atoms with Crippen molar-refractivity contribution in [3.63, 3.8) is 0 Å². The smallest absolute Gasteiger partial charge is 0.410 e. The number of amides is 1. The van der Waals surface area contributed by atoms with E-state index in [0.717, 1.165) is 44.9 Å². The van der Waals surface area contributed by atoms with Gasteiger partial charge < -0.3 is 14.5 Å². The van der Waals surface area contributed by atoms with E-state index in [1.165, 1.54) is 38.5 Å². The minimum atomic E-state index is -0.297. The Morgan fingerprint density at radius 3 is 2.46 bits per heavy atom. The van der Waals surface area contributed by atoms with E-state index in [1.54, 1.807) is 0 Å². The average Bonchev–Trinajstić information content (AvgIpc) is 2.95. The first-order valence-corrected chi connectivity index (χ1v) is 10.8. The van der Waals surface area contributed by atoms with Gasteiger partial charge in [0.15, 0.2) is 0 Å². The van der Waals surface area contributed by atoms with Crippen molar-refractivity contribution in [1.82, 2.24) is 9.80 Å². The van der Waals surface area contributed by atoms with E-state index < -0.39 is 0 Å².